The van der Waals surface area contributed by atoms with Crippen LogP contribution in [-0.2, 0) is 4.57 Å². The van der Waals surface area contributed by atoms with E-state index >= 15 is 0 Å². The summed E-state index contributed by atoms with van der Waals surface area (Å²) in [5.74, 6) is 0.715. The van der Waals surface area contributed by atoms with Gasteiger partial charge in [0.2, 0.25) is 0 Å². The highest BCUT2D eigenvalue weighted by molar-refractivity contribution is 7.67. The Hall–Kier alpha value is -1.53. The monoisotopic (exact) mass is 230 g/mol. The molecule has 0 saturated carbocycles. The zero-order valence-corrected chi connectivity index (χ0v) is 9.78. The van der Waals surface area contributed by atoms with Crippen LogP contribution in [0.25, 0.3) is 11.1 Å². The zero-order valence-electron chi connectivity index (χ0n) is 8.88. The Labute approximate surface area is 94.3 Å². The second-order valence-electron chi connectivity index (χ2n) is 3.95. The van der Waals surface area contributed by atoms with E-state index in [0.717, 1.165) is 16.4 Å². The van der Waals surface area contributed by atoms with Gasteiger partial charge in [-0.1, -0.05) is 36.4 Å². The molecular formula is C13H11O2P. The SMILES string of the molecule is C[P@]1(=O)Oc2ccccc2-c2ccccc21. The van der Waals surface area contributed by atoms with Crippen molar-refractivity contribution in [2.45, 2.75) is 0 Å². The predicted molar refractivity (Wildman–Crippen MR) is 65.7 cm³/mol. The van der Waals surface area contributed by atoms with Crippen molar-refractivity contribution in [1.82, 2.24) is 0 Å². The maximum atomic E-state index is 12.4. The molecule has 1 atom stereocenters. The van der Waals surface area contributed by atoms with Crippen LogP contribution in [0, 0.1) is 0 Å². The first-order valence-corrected chi connectivity index (χ1v) is 7.22. The number of hydrogen-bond acceptors (Lipinski definition) is 2. The van der Waals surface area contributed by atoms with Crippen LogP contribution < -0.4 is 9.83 Å². The largest absolute Gasteiger partial charge is 0.439 e. The minimum atomic E-state index is -2.71. The predicted octanol–water partition coefficient (Wildman–Crippen LogP) is 3.28. The third kappa shape index (κ3) is 1.30. The first-order valence-electron chi connectivity index (χ1n) is 5.14. The van der Waals surface area contributed by atoms with Gasteiger partial charge in [0.1, 0.15) is 5.75 Å². The third-order valence-corrected chi connectivity index (χ3v) is 4.60. The third-order valence-electron chi connectivity index (χ3n) is 2.79. The summed E-state index contributed by atoms with van der Waals surface area (Å²) in [4.78, 5) is 0. The standard InChI is InChI=1S/C13H11O2P/c1-16(14)13-9-5-3-7-11(13)10-6-2-4-8-12(10)15-16/h2-9H,1H3/t16-/m0/s1. The van der Waals surface area contributed by atoms with Gasteiger partial charge >= 0.3 is 0 Å². The van der Waals surface area contributed by atoms with Crippen molar-refractivity contribution in [2.24, 2.45) is 0 Å². The number of rotatable bonds is 0. The van der Waals surface area contributed by atoms with Crippen LogP contribution >= 0.6 is 7.37 Å². The van der Waals surface area contributed by atoms with E-state index in [4.69, 9.17) is 4.52 Å². The smallest absolute Gasteiger partial charge is 0.274 e. The van der Waals surface area contributed by atoms with Crippen molar-refractivity contribution in [1.29, 1.82) is 0 Å². The Kier molecular flexibility index (Phi) is 1.95. The lowest BCUT2D eigenvalue weighted by atomic mass is 10.0. The summed E-state index contributed by atoms with van der Waals surface area (Å²) in [7, 11) is -2.71. The van der Waals surface area contributed by atoms with Gasteiger partial charge in [0, 0.05) is 12.2 Å². The molecule has 3 heteroatoms. The van der Waals surface area contributed by atoms with Gasteiger partial charge in [0.25, 0.3) is 7.37 Å². The molecule has 0 aliphatic carbocycles. The molecule has 0 bridgehead atoms. The lowest BCUT2D eigenvalue weighted by Crippen LogP contribution is -2.16. The molecule has 2 nitrogen and oxygen atoms in total. The molecule has 1 aliphatic heterocycles. The van der Waals surface area contributed by atoms with Crippen LogP contribution in [0.15, 0.2) is 48.5 Å². The average Bonchev–Trinajstić information content (AvgIpc) is 2.29. The molecule has 1 heterocycles. The second kappa shape index (κ2) is 3.23. The summed E-state index contributed by atoms with van der Waals surface area (Å²) in [6, 6.07) is 15.4. The van der Waals surface area contributed by atoms with E-state index in [1.54, 1.807) is 6.66 Å². The molecule has 16 heavy (non-hydrogen) atoms. The Morgan fingerprint density at radius 1 is 0.938 bits per heavy atom. The Bertz CT molecular complexity index is 604. The van der Waals surface area contributed by atoms with E-state index in [2.05, 4.69) is 0 Å². The van der Waals surface area contributed by atoms with Gasteiger partial charge < -0.3 is 4.52 Å². The van der Waals surface area contributed by atoms with E-state index in [9.17, 15) is 4.57 Å². The lowest BCUT2D eigenvalue weighted by molar-refractivity contribution is 0.497. The number of benzene rings is 2. The van der Waals surface area contributed by atoms with Crippen LogP contribution in [0.2, 0.25) is 0 Å². The summed E-state index contributed by atoms with van der Waals surface area (Å²) >= 11 is 0. The Morgan fingerprint density at radius 2 is 1.56 bits per heavy atom. The summed E-state index contributed by atoms with van der Waals surface area (Å²) < 4.78 is 18.0. The molecule has 1 aliphatic rings. The molecule has 0 radical (unpaired) electrons. The normalized spacial score (nSPS) is 21.8. The fourth-order valence-electron chi connectivity index (χ4n) is 2.06. The molecule has 80 valence electrons. The van der Waals surface area contributed by atoms with Crippen molar-refractivity contribution in [3.05, 3.63) is 48.5 Å². The van der Waals surface area contributed by atoms with Gasteiger partial charge in [-0.25, -0.2) is 0 Å². The topological polar surface area (TPSA) is 26.3 Å². The summed E-state index contributed by atoms with van der Waals surface area (Å²) in [5.41, 5.74) is 2.04. The van der Waals surface area contributed by atoms with E-state index in [1.165, 1.54) is 0 Å². The van der Waals surface area contributed by atoms with Gasteiger partial charge in [-0.15, -0.1) is 0 Å². The minimum absolute atomic E-state index is 0.715. The Balaban J connectivity index is 2.38. The molecule has 0 fully saturated rings. The van der Waals surface area contributed by atoms with Crippen molar-refractivity contribution in [3.8, 4) is 16.9 Å². The van der Waals surface area contributed by atoms with Crippen LogP contribution in [0.4, 0.5) is 0 Å². The van der Waals surface area contributed by atoms with Gasteiger partial charge in [-0.3, -0.25) is 4.57 Å². The molecule has 3 rings (SSSR count). The van der Waals surface area contributed by atoms with Crippen LogP contribution in [-0.4, -0.2) is 6.66 Å². The molecule has 0 aromatic heterocycles. The highest BCUT2D eigenvalue weighted by Gasteiger charge is 2.30. The van der Waals surface area contributed by atoms with Gasteiger partial charge in [-0.2, -0.15) is 0 Å². The average molecular weight is 230 g/mol. The van der Waals surface area contributed by atoms with E-state index in [1.807, 2.05) is 48.5 Å². The maximum absolute atomic E-state index is 12.4. The van der Waals surface area contributed by atoms with Crippen LogP contribution in [0.1, 0.15) is 0 Å². The molecule has 0 unspecified atom stereocenters. The number of hydrogen-bond donors (Lipinski definition) is 0. The Morgan fingerprint density at radius 3 is 2.38 bits per heavy atom. The van der Waals surface area contributed by atoms with E-state index in [0.29, 0.717) is 5.75 Å². The summed E-state index contributed by atoms with van der Waals surface area (Å²) in [5, 5.41) is 0.814. The fraction of sp³-hybridized carbons (Fsp3) is 0.0769. The second-order valence-corrected chi connectivity index (χ2v) is 6.31. The van der Waals surface area contributed by atoms with Crippen molar-refractivity contribution >= 4 is 12.7 Å². The van der Waals surface area contributed by atoms with E-state index < -0.39 is 7.37 Å². The molecule has 0 N–H and O–H groups in total. The highest BCUT2D eigenvalue weighted by atomic mass is 31.2. The summed E-state index contributed by atoms with van der Waals surface area (Å²) in [6.07, 6.45) is 0. The number of fused-ring (bicyclic) bond motifs is 3. The van der Waals surface area contributed by atoms with Crippen LogP contribution in [0.5, 0.6) is 5.75 Å². The molecule has 0 spiro atoms. The zero-order chi connectivity index (χ0) is 11.2. The molecule has 2 aromatic carbocycles. The van der Waals surface area contributed by atoms with Crippen molar-refractivity contribution < 1.29 is 9.09 Å². The quantitative estimate of drug-likeness (QED) is 0.649. The van der Waals surface area contributed by atoms with Gasteiger partial charge in [-0.05, 0) is 17.7 Å². The summed E-state index contributed by atoms with van der Waals surface area (Å²) in [6.45, 7) is 1.67. The minimum Gasteiger partial charge on any atom is -0.439 e. The first-order chi connectivity index (χ1) is 7.68. The van der Waals surface area contributed by atoms with Crippen molar-refractivity contribution in [3.63, 3.8) is 0 Å². The lowest BCUT2D eigenvalue weighted by Gasteiger charge is -2.25. The van der Waals surface area contributed by atoms with Crippen molar-refractivity contribution in [2.75, 3.05) is 6.66 Å². The first kappa shape index (κ1) is 9.68. The van der Waals surface area contributed by atoms with E-state index in [-0.39, 0.29) is 0 Å². The maximum Gasteiger partial charge on any atom is 0.274 e. The van der Waals surface area contributed by atoms with Crippen LogP contribution in [0.3, 0.4) is 0 Å². The van der Waals surface area contributed by atoms with Gasteiger partial charge in [0.15, 0.2) is 0 Å². The molecule has 0 amide bonds. The molecule has 0 saturated heterocycles. The molecular weight excluding hydrogens is 219 g/mol. The molecule has 2 aromatic rings. The highest BCUT2D eigenvalue weighted by Crippen LogP contribution is 2.51. The van der Waals surface area contributed by atoms with Gasteiger partial charge in [0.05, 0.1) is 5.30 Å². The number of para-hydroxylation sites is 1. The fourth-order valence-corrected chi connectivity index (χ4v) is 3.68.